The molecule has 0 saturated heterocycles. The van der Waals surface area contributed by atoms with Crippen LogP contribution in [-0.4, -0.2) is 11.1 Å². The standard InChI is InChI=1S/C15H11F3O2/c1-7-5-8(2)11(15(19)20)6-10(7)9-3-4-12(16)14(18)13(9)17/h3-6H,1-2H3,(H,19,20). The second-order valence-corrected chi connectivity index (χ2v) is 4.51. The van der Waals surface area contributed by atoms with E-state index in [1.165, 1.54) is 6.07 Å². The molecule has 0 aliphatic carbocycles. The average molecular weight is 280 g/mol. The molecule has 2 aromatic carbocycles. The predicted molar refractivity (Wildman–Crippen MR) is 68.2 cm³/mol. The van der Waals surface area contributed by atoms with Crippen molar-refractivity contribution in [1.29, 1.82) is 0 Å². The molecule has 0 aromatic heterocycles. The van der Waals surface area contributed by atoms with Gasteiger partial charge in [-0.15, -0.1) is 0 Å². The van der Waals surface area contributed by atoms with Gasteiger partial charge in [-0.3, -0.25) is 0 Å². The smallest absolute Gasteiger partial charge is 0.335 e. The summed E-state index contributed by atoms with van der Waals surface area (Å²) >= 11 is 0. The Balaban J connectivity index is 2.73. The molecule has 20 heavy (non-hydrogen) atoms. The second kappa shape index (κ2) is 5.00. The maximum atomic E-state index is 13.8. The van der Waals surface area contributed by atoms with Gasteiger partial charge in [-0.25, -0.2) is 18.0 Å². The number of rotatable bonds is 2. The van der Waals surface area contributed by atoms with Crippen LogP contribution >= 0.6 is 0 Å². The number of benzene rings is 2. The number of carbonyl (C=O) groups is 1. The van der Waals surface area contributed by atoms with Gasteiger partial charge in [0.25, 0.3) is 0 Å². The molecule has 0 unspecified atom stereocenters. The zero-order valence-corrected chi connectivity index (χ0v) is 10.8. The molecular weight excluding hydrogens is 269 g/mol. The summed E-state index contributed by atoms with van der Waals surface area (Å²) in [6.45, 7) is 3.26. The first-order valence-electron chi connectivity index (χ1n) is 5.81. The topological polar surface area (TPSA) is 37.3 Å². The summed E-state index contributed by atoms with van der Waals surface area (Å²) in [5.74, 6) is -5.34. The molecule has 0 amide bonds. The lowest BCUT2D eigenvalue weighted by Crippen LogP contribution is -2.02. The van der Waals surface area contributed by atoms with Crippen LogP contribution in [0.25, 0.3) is 11.1 Å². The first-order valence-corrected chi connectivity index (χ1v) is 5.81. The number of carboxylic acids is 1. The highest BCUT2D eigenvalue weighted by atomic mass is 19.2. The number of halogens is 3. The van der Waals surface area contributed by atoms with Crippen molar-refractivity contribution < 1.29 is 23.1 Å². The van der Waals surface area contributed by atoms with Crippen LogP contribution in [0.1, 0.15) is 21.5 Å². The molecule has 0 heterocycles. The summed E-state index contributed by atoms with van der Waals surface area (Å²) in [6, 6.07) is 4.74. The van der Waals surface area contributed by atoms with E-state index in [1.807, 2.05) is 0 Å². The van der Waals surface area contributed by atoms with E-state index in [9.17, 15) is 18.0 Å². The van der Waals surface area contributed by atoms with Gasteiger partial charge in [0.2, 0.25) is 0 Å². The molecule has 2 rings (SSSR count). The van der Waals surface area contributed by atoms with Crippen molar-refractivity contribution in [2.24, 2.45) is 0 Å². The fourth-order valence-electron chi connectivity index (χ4n) is 2.11. The van der Waals surface area contributed by atoms with E-state index in [4.69, 9.17) is 5.11 Å². The van der Waals surface area contributed by atoms with E-state index in [0.29, 0.717) is 11.1 Å². The van der Waals surface area contributed by atoms with Crippen molar-refractivity contribution in [2.75, 3.05) is 0 Å². The molecule has 2 nitrogen and oxygen atoms in total. The third kappa shape index (κ3) is 2.27. The second-order valence-electron chi connectivity index (χ2n) is 4.51. The number of aromatic carboxylic acids is 1. The van der Waals surface area contributed by atoms with E-state index >= 15 is 0 Å². The maximum absolute atomic E-state index is 13.8. The van der Waals surface area contributed by atoms with Gasteiger partial charge < -0.3 is 5.11 Å². The van der Waals surface area contributed by atoms with Crippen LogP contribution in [-0.2, 0) is 0 Å². The van der Waals surface area contributed by atoms with Gasteiger partial charge >= 0.3 is 5.97 Å². The molecule has 104 valence electrons. The molecular formula is C15H11F3O2. The highest BCUT2D eigenvalue weighted by Gasteiger charge is 2.18. The Labute approximate surface area is 113 Å². The minimum absolute atomic E-state index is 0.00488. The molecule has 0 aliphatic rings. The van der Waals surface area contributed by atoms with Crippen molar-refractivity contribution in [3.63, 3.8) is 0 Å². The van der Waals surface area contributed by atoms with Gasteiger partial charge in [0.1, 0.15) is 0 Å². The van der Waals surface area contributed by atoms with Gasteiger partial charge in [-0.1, -0.05) is 6.07 Å². The van der Waals surface area contributed by atoms with E-state index in [1.54, 1.807) is 19.9 Å². The molecule has 0 bridgehead atoms. The van der Waals surface area contributed by atoms with Crippen molar-refractivity contribution in [1.82, 2.24) is 0 Å². The number of aryl methyl sites for hydroxylation is 2. The van der Waals surface area contributed by atoms with Crippen LogP contribution in [0.4, 0.5) is 13.2 Å². The van der Waals surface area contributed by atoms with Gasteiger partial charge in [0.05, 0.1) is 5.56 Å². The van der Waals surface area contributed by atoms with E-state index < -0.39 is 23.4 Å². The zero-order valence-electron chi connectivity index (χ0n) is 10.8. The van der Waals surface area contributed by atoms with Crippen LogP contribution in [0.5, 0.6) is 0 Å². The Morgan fingerprint density at radius 3 is 2.20 bits per heavy atom. The number of carboxylic acid groups (broad SMARTS) is 1. The fraction of sp³-hybridized carbons (Fsp3) is 0.133. The largest absolute Gasteiger partial charge is 0.478 e. The molecule has 1 N–H and O–H groups in total. The molecule has 2 aromatic rings. The van der Waals surface area contributed by atoms with Crippen LogP contribution < -0.4 is 0 Å². The summed E-state index contributed by atoms with van der Waals surface area (Å²) in [6.07, 6.45) is 0. The minimum Gasteiger partial charge on any atom is -0.478 e. The van der Waals surface area contributed by atoms with E-state index in [0.717, 1.165) is 12.1 Å². The van der Waals surface area contributed by atoms with Crippen LogP contribution in [0.2, 0.25) is 0 Å². The molecule has 0 radical (unpaired) electrons. The van der Waals surface area contributed by atoms with Crippen molar-refractivity contribution >= 4 is 5.97 Å². The fourth-order valence-corrected chi connectivity index (χ4v) is 2.11. The summed E-state index contributed by atoms with van der Waals surface area (Å²) in [7, 11) is 0. The Hall–Kier alpha value is -2.30. The summed E-state index contributed by atoms with van der Waals surface area (Å²) in [5.41, 5.74) is 1.15. The van der Waals surface area contributed by atoms with Crippen LogP contribution in [0.15, 0.2) is 24.3 Å². The Kier molecular flexibility index (Phi) is 3.53. The highest BCUT2D eigenvalue weighted by molar-refractivity contribution is 5.91. The number of hydrogen-bond acceptors (Lipinski definition) is 1. The Morgan fingerprint density at radius 2 is 1.60 bits per heavy atom. The molecule has 5 heteroatoms. The Morgan fingerprint density at radius 1 is 0.950 bits per heavy atom. The highest BCUT2D eigenvalue weighted by Crippen LogP contribution is 2.30. The average Bonchev–Trinajstić information content (AvgIpc) is 2.37. The molecule has 0 atom stereocenters. The lowest BCUT2D eigenvalue weighted by Gasteiger charge is -2.11. The quantitative estimate of drug-likeness (QED) is 0.841. The van der Waals surface area contributed by atoms with Crippen LogP contribution in [0.3, 0.4) is 0 Å². The number of hydrogen-bond donors (Lipinski definition) is 1. The van der Waals surface area contributed by atoms with Crippen LogP contribution in [0, 0.1) is 31.3 Å². The molecule has 0 aliphatic heterocycles. The zero-order chi connectivity index (χ0) is 15.0. The summed E-state index contributed by atoms with van der Waals surface area (Å²) in [5, 5.41) is 9.07. The predicted octanol–water partition coefficient (Wildman–Crippen LogP) is 4.09. The van der Waals surface area contributed by atoms with Gasteiger partial charge in [0.15, 0.2) is 17.5 Å². The molecule has 0 saturated carbocycles. The third-order valence-electron chi connectivity index (χ3n) is 3.13. The van der Waals surface area contributed by atoms with Crippen molar-refractivity contribution in [3.05, 3.63) is 58.4 Å². The first-order chi connectivity index (χ1) is 9.32. The summed E-state index contributed by atoms with van der Waals surface area (Å²) in [4.78, 5) is 11.1. The van der Waals surface area contributed by atoms with Crippen molar-refractivity contribution in [2.45, 2.75) is 13.8 Å². The summed E-state index contributed by atoms with van der Waals surface area (Å²) < 4.78 is 40.0. The monoisotopic (exact) mass is 280 g/mol. The van der Waals surface area contributed by atoms with Gasteiger partial charge in [0, 0.05) is 5.56 Å². The Bertz CT molecular complexity index is 709. The van der Waals surface area contributed by atoms with Gasteiger partial charge in [-0.2, -0.15) is 0 Å². The normalized spacial score (nSPS) is 10.7. The van der Waals surface area contributed by atoms with E-state index in [-0.39, 0.29) is 16.7 Å². The maximum Gasteiger partial charge on any atom is 0.335 e. The van der Waals surface area contributed by atoms with Gasteiger partial charge in [-0.05, 0) is 48.7 Å². The molecule has 0 spiro atoms. The van der Waals surface area contributed by atoms with E-state index in [2.05, 4.69) is 0 Å². The van der Waals surface area contributed by atoms with Crippen molar-refractivity contribution in [3.8, 4) is 11.1 Å². The third-order valence-corrected chi connectivity index (χ3v) is 3.13. The first kappa shape index (κ1) is 14.1. The lowest BCUT2D eigenvalue weighted by molar-refractivity contribution is 0.0696. The minimum atomic E-state index is -1.57. The molecule has 0 fully saturated rings. The lowest BCUT2D eigenvalue weighted by atomic mass is 9.94. The SMILES string of the molecule is Cc1cc(C)c(-c2ccc(F)c(F)c2F)cc1C(=O)O.